The Kier molecular flexibility index (Phi) is 30.4. The average molecular weight is 709 g/mol. The Morgan fingerprint density at radius 3 is 0.935 bits per heavy atom. The van der Waals surface area contributed by atoms with Gasteiger partial charge in [-0.05, 0) is 48.9 Å². The molecule has 0 aromatic heterocycles. The van der Waals surface area contributed by atoms with Crippen LogP contribution in [-0.2, 0) is 33.1 Å². The second-order valence-corrected chi connectivity index (χ2v) is 14.7. The second kappa shape index (κ2) is 29.4. The monoisotopic (exact) mass is 708 g/mol. The zero-order chi connectivity index (χ0) is 32.5. The summed E-state index contributed by atoms with van der Waals surface area (Å²) in [6, 6.07) is 13.1. The minimum atomic E-state index is -4.35. The summed E-state index contributed by atoms with van der Waals surface area (Å²) in [6.07, 6.45) is 26.3. The number of unbranched alkanes of at least 4 members (excludes halogenated alkanes) is 18. The molecule has 0 atom stereocenters. The van der Waals surface area contributed by atoms with Gasteiger partial charge in [-0.1, -0.05) is 166 Å². The van der Waals surface area contributed by atoms with E-state index < -0.39 is 20.2 Å². The van der Waals surface area contributed by atoms with Crippen molar-refractivity contribution in [1.82, 2.24) is 0 Å². The molecule has 0 saturated heterocycles. The van der Waals surface area contributed by atoms with Crippen LogP contribution in [0, 0.1) is 0 Å². The average Bonchev–Trinajstić information content (AvgIpc) is 2.99. The van der Waals surface area contributed by atoms with Crippen LogP contribution in [0.15, 0.2) is 58.3 Å². The van der Waals surface area contributed by atoms with Gasteiger partial charge in [-0.2, -0.15) is 0 Å². The Morgan fingerprint density at radius 1 is 0.435 bits per heavy atom. The third-order valence-electron chi connectivity index (χ3n) is 8.08. The molecule has 0 radical (unpaired) electrons. The number of aryl methyl sites for hydroxylation is 2. The van der Waals surface area contributed by atoms with Crippen LogP contribution >= 0.6 is 0 Å². The third kappa shape index (κ3) is 23.7. The van der Waals surface area contributed by atoms with E-state index in [0.717, 1.165) is 25.7 Å². The summed E-state index contributed by atoms with van der Waals surface area (Å²) in [5, 5.41) is 0. The van der Waals surface area contributed by atoms with Gasteiger partial charge in [-0.3, -0.25) is 0 Å². The summed E-state index contributed by atoms with van der Waals surface area (Å²) in [7, 11) is -8.69. The van der Waals surface area contributed by atoms with Gasteiger partial charge >= 0.3 is 37.7 Å². The number of hydrogen-bond donors (Lipinski definition) is 0. The van der Waals surface area contributed by atoms with Crippen LogP contribution in [0.1, 0.15) is 153 Å². The zero-order valence-corrected chi connectivity index (χ0v) is 32.5. The minimum Gasteiger partial charge on any atom is -0.744 e. The molecule has 2 N–H and O–H groups in total. The van der Waals surface area contributed by atoms with Crippen LogP contribution in [0.25, 0.3) is 0 Å². The molecule has 0 fully saturated rings. The van der Waals surface area contributed by atoms with E-state index >= 15 is 0 Å². The molecule has 0 heterocycles. The molecule has 2 aromatic carbocycles. The van der Waals surface area contributed by atoms with Crippen molar-refractivity contribution in [3.05, 3.63) is 59.7 Å². The summed E-state index contributed by atoms with van der Waals surface area (Å²) >= 11 is 0. The molecule has 0 amide bonds. The van der Waals surface area contributed by atoms with Gasteiger partial charge in [0, 0.05) is 0 Å². The molecule has 10 heteroatoms. The van der Waals surface area contributed by atoms with Crippen LogP contribution in [0.2, 0.25) is 0 Å². The summed E-state index contributed by atoms with van der Waals surface area (Å²) in [6.45, 7) is 4.46. The molecule has 7 nitrogen and oxygen atoms in total. The maximum atomic E-state index is 11.2. The van der Waals surface area contributed by atoms with E-state index in [-0.39, 0.29) is 53.0 Å². The normalized spacial score (nSPS) is 11.2. The molecule has 0 aliphatic rings. The van der Waals surface area contributed by atoms with Crippen molar-refractivity contribution in [2.24, 2.45) is 0 Å². The van der Waals surface area contributed by atoms with Gasteiger partial charge in [0.2, 0.25) is 0 Å². The van der Waals surface area contributed by atoms with E-state index in [1.165, 1.54) is 115 Å². The van der Waals surface area contributed by atoms with Crippen LogP contribution < -0.4 is 0 Å². The minimum absolute atomic E-state index is 0. The number of benzene rings is 2. The van der Waals surface area contributed by atoms with Gasteiger partial charge in [0.15, 0.2) is 0 Å². The number of rotatable bonds is 24. The van der Waals surface area contributed by atoms with E-state index in [1.54, 1.807) is 36.4 Å². The van der Waals surface area contributed by atoms with Crippen molar-refractivity contribution in [3.63, 3.8) is 0 Å². The predicted octanol–water partition coefficient (Wildman–Crippen LogP) is 8.90. The topological polar surface area (TPSA) is 146 Å². The Morgan fingerprint density at radius 2 is 0.674 bits per heavy atom. The summed E-state index contributed by atoms with van der Waals surface area (Å²) in [5.74, 6) is 0. The Hall–Kier alpha value is -0.520. The van der Waals surface area contributed by atoms with E-state index in [4.69, 9.17) is 0 Å². The van der Waals surface area contributed by atoms with E-state index in [2.05, 4.69) is 13.8 Å². The van der Waals surface area contributed by atoms with Gasteiger partial charge in [0.1, 0.15) is 20.2 Å². The van der Waals surface area contributed by atoms with Gasteiger partial charge in [-0.15, -0.1) is 0 Å². The standard InChI is InChI=1S/2C18H30O3S.Ca.H2O/c2*1-2-3-4-5-6-7-8-9-10-11-14-17-15-12-13-16-18(17)22(19,20)21;;/h2*12-13,15-16H,2-11,14H2,1H3,(H,19,20,21);;1H2/q;;+2;/p-2. The van der Waals surface area contributed by atoms with E-state index in [9.17, 15) is 25.9 Å². The van der Waals surface area contributed by atoms with Gasteiger partial charge in [0.25, 0.3) is 0 Å². The molecule has 260 valence electrons. The molecule has 46 heavy (non-hydrogen) atoms. The van der Waals surface area contributed by atoms with Crippen molar-refractivity contribution in [1.29, 1.82) is 0 Å². The third-order valence-corrected chi connectivity index (χ3v) is 9.96. The van der Waals surface area contributed by atoms with Crippen LogP contribution in [-0.4, -0.2) is 69.2 Å². The molecular formula is C36H60CaO7S2. The maximum absolute atomic E-state index is 11.2. The second-order valence-electron chi connectivity index (χ2n) is 12.0. The largest absolute Gasteiger partial charge is 2.00 e. The van der Waals surface area contributed by atoms with Crippen LogP contribution in [0.5, 0.6) is 0 Å². The fraction of sp³-hybridized carbons (Fsp3) is 0.667. The quantitative estimate of drug-likeness (QED) is 0.0605. The zero-order valence-electron chi connectivity index (χ0n) is 28.6. The van der Waals surface area contributed by atoms with Crippen molar-refractivity contribution in [2.45, 2.75) is 165 Å². The molecule has 0 bridgehead atoms. The van der Waals surface area contributed by atoms with Crippen molar-refractivity contribution >= 4 is 58.0 Å². The molecule has 0 spiro atoms. The summed E-state index contributed by atoms with van der Waals surface area (Å²) < 4.78 is 67.1. The fourth-order valence-corrected chi connectivity index (χ4v) is 6.99. The van der Waals surface area contributed by atoms with Gasteiger partial charge < -0.3 is 14.6 Å². The van der Waals surface area contributed by atoms with Gasteiger partial charge in [-0.25, -0.2) is 16.8 Å². The molecule has 2 rings (SSSR count). The first-order valence-corrected chi connectivity index (χ1v) is 20.0. The Bertz CT molecular complexity index is 1120. The summed E-state index contributed by atoms with van der Waals surface area (Å²) in [5.41, 5.74) is 1.33. The van der Waals surface area contributed by atoms with Crippen molar-refractivity contribution in [3.8, 4) is 0 Å². The summed E-state index contributed by atoms with van der Waals surface area (Å²) in [4.78, 5) is -0.100. The molecule has 0 saturated carbocycles. The van der Waals surface area contributed by atoms with Crippen LogP contribution in [0.3, 0.4) is 0 Å². The molecule has 2 aromatic rings. The van der Waals surface area contributed by atoms with Crippen molar-refractivity contribution in [2.75, 3.05) is 0 Å². The maximum Gasteiger partial charge on any atom is 2.00 e. The van der Waals surface area contributed by atoms with Crippen molar-refractivity contribution < 1.29 is 31.4 Å². The predicted molar refractivity (Wildman–Crippen MR) is 189 cm³/mol. The Labute approximate surface area is 311 Å². The SMILES string of the molecule is CCCCCCCCCCCCc1ccccc1S(=O)(=O)[O-].CCCCCCCCCCCCc1ccccc1S(=O)(=O)[O-].O.[Ca+2]. The first-order chi connectivity index (χ1) is 21.1. The van der Waals surface area contributed by atoms with E-state index in [1.807, 2.05) is 0 Å². The van der Waals surface area contributed by atoms with Gasteiger partial charge in [0.05, 0.1) is 9.79 Å². The van der Waals surface area contributed by atoms with Crippen LogP contribution in [0.4, 0.5) is 0 Å². The fourth-order valence-electron chi connectivity index (χ4n) is 5.51. The van der Waals surface area contributed by atoms with E-state index in [0.29, 0.717) is 24.0 Å². The molecule has 0 aliphatic carbocycles. The molecule has 0 unspecified atom stereocenters. The first kappa shape index (κ1) is 47.6. The molecular weight excluding hydrogens is 649 g/mol. The Balaban J connectivity index is 0. The first-order valence-electron chi connectivity index (χ1n) is 17.2. The number of hydrogen-bond acceptors (Lipinski definition) is 6. The molecule has 0 aliphatic heterocycles. The smallest absolute Gasteiger partial charge is 0.744 e.